The first kappa shape index (κ1) is 12.9. The third kappa shape index (κ3) is 2.33. The minimum atomic E-state index is -0.0618. The quantitative estimate of drug-likeness (QED) is 0.734. The Labute approximate surface area is 117 Å². The van der Waals surface area contributed by atoms with Crippen molar-refractivity contribution >= 4 is 15.9 Å². The Morgan fingerprint density at radius 1 is 1.22 bits per heavy atom. The number of rotatable bonds is 2. The molecule has 0 amide bonds. The van der Waals surface area contributed by atoms with E-state index in [-0.39, 0.29) is 11.7 Å². The molecule has 2 heterocycles. The number of ether oxygens (including phenoxy) is 2. The fourth-order valence-corrected chi connectivity index (χ4v) is 4.62. The number of nitriles is 1. The van der Waals surface area contributed by atoms with Crippen molar-refractivity contribution in [2.45, 2.75) is 80.1 Å². The topological polar surface area (TPSA) is 42.2 Å². The second-order valence-electron chi connectivity index (χ2n) is 5.91. The first-order chi connectivity index (χ1) is 8.72. The number of fused-ring (bicyclic) bond motifs is 1. The number of hydrogen-bond donors (Lipinski definition) is 0. The molecule has 5 unspecified atom stereocenters. The van der Waals surface area contributed by atoms with E-state index in [1.54, 1.807) is 0 Å². The molecule has 1 aliphatic carbocycles. The summed E-state index contributed by atoms with van der Waals surface area (Å²) >= 11 is 3.78. The van der Waals surface area contributed by atoms with Crippen molar-refractivity contribution in [2.75, 3.05) is 0 Å². The molecule has 3 rings (SSSR count). The van der Waals surface area contributed by atoms with E-state index >= 15 is 0 Å². The number of nitrogens with zero attached hydrogens (tertiary/aromatic N) is 1. The molecule has 18 heavy (non-hydrogen) atoms. The van der Waals surface area contributed by atoms with Gasteiger partial charge in [0.25, 0.3) is 0 Å². The van der Waals surface area contributed by atoms with Gasteiger partial charge in [0.05, 0.1) is 30.0 Å². The maximum atomic E-state index is 8.71. The average Bonchev–Trinajstić information content (AvgIpc) is 2.62. The van der Waals surface area contributed by atoms with E-state index in [9.17, 15) is 0 Å². The lowest BCUT2D eigenvalue weighted by molar-refractivity contribution is -0.171. The summed E-state index contributed by atoms with van der Waals surface area (Å²) in [4.78, 5) is 0.559. The molecular formula is C14H20BrNO2. The number of halogens is 1. The molecule has 0 aromatic carbocycles. The molecule has 0 N–H and O–H groups in total. The van der Waals surface area contributed by atoms with Gasteiger partial charge in [0.15, 0.2) is 0 Å². The predicted octanol–water partition coefficient (Wildman–Crippen LogP) is 3.31. The standard InChI is InChI=1S/C14H20BrNO2/c15-10-3-4-12-9-14(8-10)13(17-12)6-5-11(18-14)2-1-7-16/h10-13H,1-6,8-9H2. The maximum absolute atomic E-state index is 8.71. The summed E-state index contributed by atoms with van der Waals surface area (Å²) in [6.45, 7) is 0. The minimum absolute atomic E-state index is 0.0618. The highest BCUT2D eigenvalue weighted by molar-refractivity contribution is 9.09. The van der Waals surface area contributed by atoms with E-state index in [0.29, 0.717) is 23.5 Å². The van der Waals surface area contributed by atoms with Crippen LogP contribution in [0.1, 0.15) is 51.4 Å². The molecule has 0 aromatic rings. The molecule has 1 spiro atoms. The molecule has 2 bridgehead atoms. The first-order valence-corrected chi connectivity index (χ1v) is 7.98. The third-order valence-electron chi connectivity index (χ3n) is 4.62. The lowest BCUT2D eigenvalue weighted by Gasteiger charge is -2.43. The third-order valence-corrected chi connectivity index (χ3v) is 5.40. The van der Waals surface area contributed by atoms with Gasteiger partial charge in [0.1, 0.15) is 0 Å². The lowest BCUT2D eigenvalue weighted by Crippen LogP contribution is -2.49. The van der Waals surface area contributed by atoms with E-state index in [0.717, 1.165) is 38.5 Å². The van der Waals surface area contributed by atoms with E-state index in [2.05, 4.69) is 22.0 Å². The fraction of sp³-hybridized carbons (Fsp3) is 0.929. The van der Waals surface area contributed by atoms with Crippen molar-refractivity contribution in [2.24, 2.45) is 0 Å². The highest BCUT2D eigenvalue weighted by Gasteiger charge is 2.54. The van der Waals surface area contributed by atoms with E-state index in [1.807, 2.05) is 0 Å². The number of hydrogen-bond acceptors (Lipinski definition) is 3. The van der Waals surface area contributed by atoms with Crippen LogP contribution in [0.5, 0.6) is 0 Å². The van der Waals surface area contributed by atoms with Crippen molar-refractivity contribution < 1.29 is 9.47 Å². The summed E-state index contributed by atoms with van der Waals surface area (Å²) in [5, 5.41) is 8.71. The Morgan fingerprint density at radius 3 is 2.94 bits per heavy atom. The molecule has 3 nitrogen and oxygen atoms in total. The summed E-state index contributed by atoms with van der Waals surface area (Å²) in [7, 11) is 0. The molecule has 2 saturated heterocycles. The van der Waals surface area contributed by atoms with Gasteiger partial charge in [-0.25, -0.2) is 0 Å². The summed E-state index contributed by atoms with van der Waals surface area (Å²) in [5.41, 5.74) is -0.0618. The second-order valence-corrected chi connectivity index (χ2v) is 7.20. The normalized spacial score (nSPS) is 47.1. The molecule has 2 aliphatic heterocycles. The van der Waals surface area contributed by atoms with Gasteiger partial charge in [-0.15, -0.1) is 0 Å². The van der Waals surface area contributed by atoms with Gasteiger partial charge in [0.2, 0.25) is 0 Å². The monoisotopic (exact) mass is 313 g/mol. The maximum Gasteiger partial charge on any atom is 0.0982 e. The number of alkyl halides is 1. The van der Waals surface area contributed by atoms with Crippen LogP contribution in [0, 0.1) is 11.3 Å². The van der Waals surface area contributed by atoms with Gasteiger partial charge < -0.3 is 9.47 Å². The van der Waals surface area contributed by atoms with Crippen LogP contribution in [0.25, 0.3) is 0 Å². The Hall–Kier alpha value is -0.110. The zero-order valence-electron chi connectivity index (χ0n) is 10.6. The van der Waals surface area contributed by atoms with Crippen LogP contribution >= 0.6 is 15.9 Å². The van der Waals surface area contributed by atoms with Gasteiger partial charge in [-0.1, -0.05) is 15.9 Å². The largest absolute Gasteiger partial charge is 0.372 e. The van der Waals surface area contributed by atoms with E-state index in [4.69, 9.17) is 14.7 Å². The van der Waals surface area contributed by atoms with Gasteiger partial charge in [-0.2, -0.15) is 5.26 Å². The summed E-state index contributed by atoms with van der Waals surface area (Å²) in [6.07, 6.45) is 9.05. The summed E-state index contributed by atoms with van der Waals surface area (Å²) in [5.74, 6) is 0. The van der Waals surface area contributed by atoms with Gasteiger partial charge >= 0.3 is 0 Å². The average molecular weight is 314 g/mol. The Morgan fingerprint density at radius 2 is 2.11 bits per heavy atom. The lowest BCUT2D eigenvalue weighted by atomic mass is 9.83. The van der Waals surface area contributed by atoms with E-state index < -0.39 is 0 Å². The van der Waals surface area contributed by atoms with Crippen LogP contribution in [0.3, 0.4) is 0 Å². The van der Waals surface area contributed by atoms with Crippen molar-refractivity contribution in [3.05, 3.63) is 0 Å². The molecule has 3 fully saturated rings. The van der Waals surface area contributed by atoms with Gasteiger partial charge in [0, 0.05) is 17.7 Å². The molecular weight excluding hydrogens is 294 g/mol. The van der Waals surface area contributed by atoms with Gasteiger partial charge in [-0.3, -0.25) is 0 Å². The second kappa shape index (κ2) is 5.11. The minimum Gasteiger partial charge on any atom is -0.372 e. The molecule has 0 radical (unpaired) electrons. The molecule has 3 aliphatic rings. The zero-order valence-corrected chi connectivity index (χ0v) is 12.2. The predicted molar refractivity (Wildman–Crippen MR) is 71.5 cm³/mol. The van der Waals surface area contributed by atoms with E-state index in [1.165, 1.54) is 6.42 Å². The van der Waals surface area contributed by atoms with Gasteiger partial charge in [-0.05, 0) is 38.5 Å². The molecule has 0 aromatic heterocycles. The van der Waals surface area contributed by atoms with Crippen LogP contribution in [-0.2, 0) is 9.47 Å². The zero-order chi connectivity index (χ0) is 12.6. The smallest absolute Gasteiger partial charge is 0.0982 e. The molecule has 4 heteroatoms. The van der Waals surface area contributed by atoms with Crippen molar-refractivity contribution in [3.8, 4) is 6.07 Å². The van der Waals surface area contributed by atoms with Crippen LogP contribution in [-0.4, -0.2) is 28.7 Å². The van der Waals surface area contributed by atoms with Crippen molar-refractivity contribution in [1.82, 2.24) is 0 Å². The Kier molecular flexibility index (Phi) is 3.66. The van der Waals surface area contributed by atoms with Crippen LogP contribution in [0.2, 0.25) is 0 Å². The summed E-state index contributed by atoms with van der Waals surface area (Å²) in [6, 6.07) is 2.23. The van der Waals surface area contributed by atoms with Crippen molar-refractivity contribution in [3.63, 3.8) is 0 Å². The first-order valence-electron chi connectivity index (χ1n) is 7.06. The van der Waals surface area contributed by atoms with Crippen LogP contribution < -0.4 is 0 Å². The highest BCUT2D eigenvalue weighted by Crippen LogP contribution is 2.49. The Balaban J connectivity index is 1.73. The molecule has 100 valence electrons. The summed E-state index contributed by atoms with van der Waals surface area (Å²) < 4.78 is 12.6. The fourth-order valence-electron chi connectivity index (χ4n) is 3.81. The Bertz CT molecular complexity index is 356. The highest BCUT2D eigenvalue weighted by atomic mass is 79.9. The SMILES string of the molecule is N#CCCC1CCC2OC3CCC(Br)CC2(C3)O1. The van der Waals surface area contributed by atoms with Crippen molar-refractivity contribution in [1.29, 1.82) is 5.26 Å². The van der Waals surface area contributed by atoms with Crippen LogP contribution in [0.15, 0.2) is 0 Å². The molecule has 5 atom stereocenters. The van der Waals surface area contributed by atoms with Crippen LogP contribution in [0.4, 0.5) is 0 Å². The molecule has 1 saturated carbocycles.